The maximum atomic E-state index is 12.6. The molecule has 1 atom stereocenters. The minimum absolute atomic E-state index is 0.0802. The molecule has 1 aromatic carbocycles. The lowest BCUT2D eigenvalue weighted by Crippen LogP contribution is -2.44. The minimum atomic E-state index is 0.0802. The highest BCUT2D eigenvalue weighted by Gasteiger charge is 2.27. The molecule has 0 bridgehead atoms. The lowest BCUT2D eigenvalue weighted by Gasteiger charge is -2.35. The van der Waals surface area contributed by atoms with Crippen LogP contribution < -0.4 is 4.74 Å². The van der Waals surface area contributed by atoms with E-state index in [1.54, 1.807) is 7.11 Å². The zero-order valence-corrected chi connectivity index (χ0v) is 12.1. The van der Waals surface area contributed by atoms with E-state index in [-0.39, 0.29) is 5.91 Å². The molecule has 0 spiro atoms. The summed E-state index contributed by atoms with van der Waals surface area (Å²) in [5, 5.41) is 0.841. The van der Waals surface area contributed by atoms with Crippen molar-refractivity contribution in [2.45, 2.75) is 25.3 Å². The van der Waals surface area contributed by atoms with Gasteiger partial charge in [0.05, 0.1) is 12.7 Å². The monoisotopic (exact) mass is 311 g/mol. The number of carbonyl (C=O) groups is 1. The van der Waals surface area contributed by atoms with Gasteiger partial charge in [0.2, 0.25) is 0 Å². The number of halogens is 1. The standard InChI is InChI=1S/C14H18BrNO2/c1-18-13-8-3-2-7-12(13)14(17)16-9-5-4-6-11(16)10-15/h2-3,7-8,11H,4-6,9-10H2,1H3. The van der Waals surface area contributed by atoms with Crippen molar-refractivity contribution in [3.63, 3.8) is 0 Å². The van der Waals surface area contributed by atoms with Crippen molar-refractivity contribution < 1.29 is 9.53 Å². The molecule has 0 aromatic heterocycles. The zero-order chi connectivity index (χ0) is 13.0. The largest absolute Gasteiger partial charge is 0.496 e. The average molecular weight is 312 g/mol. The summed E-state index contributed by atoms with van der Waals surface area (Å²) >= 11 is 3.50. The Labute approximate surface area is 116 Å². The Morgan fingerprint density at radius 1 is 1.44 bits per heavy atom. The molecule has 1 unspecified atom stereocenters. The quantitative estimate of drug-likeness (QED) is 0.803. The van der Waals surface area contributed by atoms with Gasteiger partial charge in [0.15, 0.2) is 0 Å². The molecule has 0 radical (unpaired) electrons. The first kappa shape index (κ1) is 13.4. The lowest BCUT2D eigenvalue weighted by molar-refractivity contribution is 0.0638. The van der Waals surface area contributed by atoms with E-state index in [1.165, 1.54) is 6.42 Å². The van der Waals surface area contributed by atoms with E-state index in [1.807, 2.05) is 29.2 Å². The van der Waals surface area contributed by atoms with E-state index in [4.69, 9.17) is 4.74 Å². The number of likely N-dealkylation sites (tertiary alicyclic amines) is 1. The molecule has 98 valence electrons. The van der Waals surface area contributed by atoms with Gasteiger partial charge in [-0.1, -0.05) is 28.1 Å². The molecular formula is C14H18BrNO2. The molecule has 0 N–H and O–H groups in total. The summed E-state index contributed by atoms with van der Waals surface area (Å²) < 4.78 is 5.27. The van der Waals surface area contributed by atoms with Gasteiger partial charge >= 0.3 is 0 Å². The van der Waals surface area contributed by atoms with Crippen LogP contribution in [-0.2, 0) is 0 Å². The number of carbonyl (C=O) groups excluding carboxylic acids is 1. The van der Waals surface area contributed by atoms with Crippen LogP contribution in [0.1, 0.15) is 29.6 Å². The van der Waals surface area contributed by atoms with Crippen LogP contribution in [0, 0.1) is 0 Å². The summed E-state index contributed by atoms with van der Waals surface area (Å²) in [6.45, 7) is 0.840. The predicted molar refractivity (Wildman–Crippen MR) is 75.5 cm³/mol. The van der Waals surface area contributed by atoms with Crippen LogP contribution in [0.4, 0.5) is 0 Å². The first-order chi connectivity index (χ1) is 8.77. The number of piperidine rings is 1. The number of hydrogen-bond donors (Lipinski definition) is 0. The van der Waals surface area contributed by atoms with Crippen molar-refractivity contribution in [1.29, 1.82) is 0 Å². The van der Waals surface area contributed by atoms with Crippen molar-refractivity contribution in [3.8, 4) is 5.75 Å². The fourth-order valence-corrected chi connectivity index (χ4v) is 3.08. The second kappa shape index (κ2) is 6.23. The summed E-state index contributed by atoms with van der Waals surface area (Å²) in [4.78, 5) is 14.5. The van der Waals surface area contributed by atoms with E-state index in [0.29, 0.717) is 17.4 Å². The van der Waals surface area contributed by atoms with Crippen molar-refractivity contribution in [2.75, 3.05) is 19.0 Å². The Morgan fingerprint density at radius 2 is 2.22 bits per heavy atom. The second-order valence-corrected chi connectivity index (χ2v) is 5.15. The van der Waals surface area contributed by atoms with Crippen molar-refractivity contribution >= 4 is 21.8 Å². The normalized spacial score (nSPS) is 19.7. The molecule has 1 aliphatic heterocycles. The molecule has 2 rings (SSSR count). The number of amides is 1. The number of methoxy groups -OCH3 is 1. The molecule has 0 aliphatic carbocycles. The third-order valence-electron chi connectivity index (χ3n) is 3.40. The van der Waals surface area contributed by atoms with Gasteiger partial charge in [0.25, 0.3) is 5.91 Å². The van der Waals surface area contributed by atoms with Gasteiger partial charge in [-0.05, 0) is 31.4 Å². The topological polar surface area (TPSA) is 29.5 Å². The third-order valence-corrected chi connectivity index (χ3v) is 4.15. The van der Waals surface area contributed by atoms with Crippen LogP contribution >= 0.6 is 15.9 Å². The molecule has 1 fully saturated rings. The highest BCUT2D eigenvalue weighted by Crippen LogP contribution is 2.25. The Morgan fingerprint density at radius 3 is 2.94 bits per heavy atom. The Hall–Kier alpha value is -1.03. The van der Waals surface area contributed by atoms with Crippen LogP contribution in [0.25, 0.3) is 0 Å². The van der Waals surface area contributed by atoms with Gasteiger partial charge in [-0.25, -0.2) is 0 Å². The van der Waals surface area contributed by atoms with Gasteiger partial charge in [0, 0.05) is 17.9 Å². The van der Waals surface area contributed by atoms with Crippen LogP contribution in [0.3, 0.4) is 0 Å². The summed E-state index contributed by atoms with van der Waals surface area (Å²) in [5.41, 5.74) is 0.660. The third kappa shape index (κ3) is 2.69. The number of alkyl halides is 1. The summed E-state index contributed by atoms with van der Waals surface area (Å²) in [5.74, 6) is 0.734. The fraction of sp³-hybridized carbons (Fsp3) is 0.500. The SMILES string of the molecule is COc1ccccc1C(=O)N1CCCCC1CBr. The highest BCUT2D eigenvalue weighted by atomic mass is 79.9. The van der Waals surface area contributed by atoms with Gasteiger partial charge in [-0.15, -0.1) is 0 Å². The molecule has 0 saturated carbocycles. The summed E-state index contributed by atoms with van der Waals surface area (Å²) in [7, 11) is 1.60. The molecule has 1 amide bonds. The molecule has 1 aromatic rings. The Balaban J connectivity index is 2.24. The van der Waals surface area contributed by atoms with Gasteiger partial charge < -0.3 is 9.64 Å². The van der Waals surface area contributed by atoms with E-state index < -0.39 is 0 Å². The van der Waals surface area contributed by atoms with Gasteiger partial charge in [0.1, 0.15) is 5.75 Å². The van der Waals surface area contributed by atoms with E-state index in [2.05, 4.69) is 15.9 Å². The number of benzene rings is 1. The van der Waals surface area contributed by atoms with Gasteiger partial charge in [-0.2, -0.15) is 0 Å². The molecule has 18 heavy (non-hydrogen) atoms. The Kier molecular flexibility index (Phi) is 4.64. The minimum Gasteiger partial charge on any atom is -0.496 e. The number of ether oxygens (including phenoxy) is 1. The van der Waals surface area contributed by atoms with Gasteiger partial charge in [-0.3, -0.25) is 4.79 Å². The molecular weight excluding hydrogens is 294 g/mol. The van der Waals surface area contributed by atoms with E-state index >= 15 is 0 Å². The van der Waals surface area contributed by atoms with Crippen LogP contribution in [0.5, 0.6) is 5.75 Å². The number of hydrogen-bond acceptors (Lipinski definition) is 2. The summed E-state index contributed by atoms with van der Waals surface area (Å²) in [6.07, 6.45) is 3.36. The number of para-hydroxylation sites is 1. The predicted octanol–water partition coefficient (Wildman–Crippen LogP) is 3.08. The van der Waals surface area contributed by atoms with E-state index in [9.17, 15) is 4.79 Å². The zero-order valence-electron chi connectivity index (χ0n) is 10.6. The number of nitrogens with zero attached hydrogens (tertiary/aromatic N) is 1. The molecule has 1 saturated heterocycles. The first-order valence-electron chi connectivity index (χ1n) is 6.28. The second-order valence-electron chi connectivity index (χ2n) is 4.50. The molecule has 1 aliphatic rings. The number of rotatable bonds is 3. The van der Waals surface area contributed by atoms with E-state index in [0.717, 1.165) is 24.7 Å². The lowest BCUT2D eigenvalue weighted by atomic mass is 10.0. The highest BCUT2D eigenvalue weighted by molar-refractivity contribution is 9.09. The van der Waals surface area contributed by atoms with Crippen LogP contribution in [0.15, 0.2) is 24.3 Å². The molecule has 3 nitrogen and oxygen atoms in total. The average Bonchev–Trinajstić information content (AvgIpc) is 2.46. The van der Waals surface area contributed by atoms with Crippen LogP contribution in [-0.4, -0.2) is 35.8 Å². The smallest absolute Gasteiger partial charge is 0.257 e. The maximum absolute atomic E-state index is 12.6. The fourth-order valence-electron chi connectivity index (χ4n) is 2.40. The Bertz CT molecular complexity index is 422. The van der Waals surface area contributed by atoms with Crippen LogP contribution in [0.2, 0.25) is 0 Å². The summed E-state index contributed by atoms with van der Waals surface area (Å²) in [6, 6.07) is 7.73. The van der Waals surface area contributed by atoms with Crippen molar-refractivity contribution in [3.05, 3.63) is 29.8 Å². The molecule has 1 heterocycles. The molecule has 4 heteroatoms. The van der Waals surface area contributed by atoms with Crippen molar-refractivity contribution in [1.82, 2.24) is 4.90 Å². The first-order valence-corrected chi connectivity index (χ1v) is 7.40. The maximum Gasteiger partial charge on any atom is 0.257 e. The van der Waals surface area contributed by atoms with Crippen molar-refractivity contribution in [2.24, 2.45) is 0 Å².